The number of nitrogens with two attached hydrogens (primary N) is 1. The normalized spacial score (nSPS) is 10.8. The van der Waals surface area contributed by atoms with Crippen LogP contribution in [-0.2, 0) is 6.54 Å². The summed E-state index contributed by atoms with van der Waals surface area (Å²) in [6.45, 7) is 2.39. The van der Waals surface area contributed by atoms with Crippen LogP contribution in [0.25, 0.3) is 6.08 Å². The fraction of sp³-hybridized carbons (Fsp3) is 0.133. The van der Waals surface area contributed by atoms with Gasteiger partial charge in [0, 0.05) is 24.4 Å². The standard InChI is InChI=1S/C15H16N2O/c1-2-5-12-6-3-4-7-15(12)18-14-8-9-17-13(10-14)11-16/h2-10H,11,16H2,1H3. The van der Waals surface area contributed by atoms with Crippen molar-refractivity contribution in [3.8, 4) is 11.5 Å². The molecular formula is C15H16N2O. The summed E-state index contributed by atoms with van der Waals surface area (Å²) in [5.41, 5.74) is 7.42. The van der Waals surface area contributed by atoms with E-state index in [0.29, 0.717) is 6.54 Å². The minimum atomic E-state index is 0.410. The largest absolute Gasteiger partial charge is 0.457 e. The third-order valence-corrected chi connectivity index (χ3v) is 2.49. The van der Waals surface area contributed by atoms with E-state index in [2.05, 4.69) is 4.98 Å². The Balaban J connectivity index is 2.27. The molecule has 3 nitrogen and oxygen atoms in total. The van der Waals surface area contributed by atoms with Crippen LogP contribution in [0.3, 0.4) is 0 Å². The Labute approximate surface area is 107 Å². The highest BCUT2D eigenvalue weighted by atomic mass is 16.5. The van der Waals surface area contributed by atoms with Crippen LogP contribution >= 0.6 is 0 Å². The lowest BCUT2D eigenvalue weighted by Gasteiger charge is -2.09. The molecule has 1 aromatic heterocycles. The molecule has 2 N–H and O–H groups in total. The minimum Gasteiger partial charge on any atom is -0.457 e. The molecule has 0 fully saturated rings. The summed E-state index contributed by atoms with van der Waals surface area (Å²) < 4.78 is 5.86. The molecule has 0 radical (unpaired) electrons. The number of aromatic nitrogens is 1. The van der Waals surface area contributed by atoms with Gasteiger partial charge in [-0.2, -0.15) is 0 Å². The third kappa shape index (κ3) is 2.96. The van der Waals surface area contributed by atoms with Gasteiger partial charge in [0.2, 0.25) is 0 Å². The topological polar surface area (TPSA) is 48.1 Å². The fourth-order valence-electron chi connectivity index (χ4n) is 1.65. The zero-order chi connectivity index (χ0) is 12.8. The molecule has 0 amide bonds. The Hall–Kier alpha value is -2.13. The number of nitrogens with zero attached hydrogens (tertiary/aromatic N) is 1. The van der Waals surface area contributed by atoms with E-state index in [0.717, 1.165) is 22.8 Å². The lowest BCUT2D eigenvalue weighted by molar-refractivity contribution is 0.480. The molecule has 2 rings (SSSR count). The van der Waals surface area contributed by atoms with Gasteiger partial charge in [0.05, 0.1) is 5.69 Å². The van der Waals surface area contributed by atoms with Gasteiger partial charge in [-0.3, -0.25) is 4.98 Å². The van der Waals surface area contributed by atoms with Crippen molar-refractivity contribution in [1.29, 1.82) is 0 Å². The van der Waals surface area contributed by atoms with Gasteiger partial charge in [-0.05, 0) is 19.1 Å². The molecule has 2 aromatic rings. The highest BCUT2D eigenvalue weighted by molar-refractivity contribution is 5.57. The Bertz CT molecular complexity index is 550. The smallest absolute Gasteiger partial charge is 0.134 e. The maximum atomic E-state index is 5.86. The highest BCUT2D eigenvalue weighted by Crippen LogP contribution is 2.26. The molecule has 0 aliphatic heterocycles. The second kappa shape index (κ2) is 5.98. The van der Waals surface area contributed by atoms with Gasteiger partial charge in [-0.1, -0.05) is 30.4 Å². The number of para-hydroxylation sites is 1. The van der Waals surface area contributed by atoms with Crippen molar-refractivity contribution in [2.24, 2.45) is 5.73 Å². The van der Waals surface area contributed by atoms with E-state index in [1.165, 1.54) is 0 Å². The van der Waals surface area contributed by atoms with Crippen LogP contribution in [-0.4, -0.2) is 4.98 Å². The molecule has 0 saturated carbocycles. The molecule has 1 heterocycles. The van der Waals surface area contributed by atoms with E-state index in [1.54, 1.807) is 6.20 Å². The first-order valence-corrected chi connectivity index (χ1v) is 5.88. The lowest BCUT2D eigenvalue weighted by atomic mass is 10.2. The average molecular weight is 240 g/mol. The van der Waals surface area contributed by atoms with Crippen LogP contribution in [0.2, 0.25) is 0 Å². The van der Waals surface area contributed by atoms with Gasteiger partial charge < -0.3 is 10.5 Å². The monoisotopic (exact) mass is 240 g/mol. The number of hydrogen-bond donors (Lipinski definition) is 1. The van der Waals surface area contributed by atoms with E-state index < -0.39 is 0 Å². The number of benzene rings is 1. The number of pyridine rings is 1. The Morgan fingerprint density at radius 3 is 2.89 bits per heavy atom. The Morgan fingerprint density at radius 1 is 1.28 bits per heavy atom. The summed E-state index contributed by atoms with van der Waals surface area (Å²) in [5.74, 6) is 1.58. The van der Waals surface area contributed by atoms with Crippen molar-refractivity contribution in [2.45, 2.75) is 13.5 Å². The SMILES string of the molecule is CC=Cc1ccccc1Oc1ccnc(CN)c1. The molecule has 92 valence electrons. The van der Waals surface area contributed by atoms with Gasteiger partial charge in [0.25, 0.3) is 0 Å². The van der Waals surface area contributed by atoms with Crippen LogP contribution in [0.1, 0.15) is 18.2 Å². The van der Waals surface area contributed by atoms with Gasteiger partial charge in [0.15, 0.2) is 0 Å². The summed E-state index contributed by atoms with van der Waals surface area (Å²) in [5, 5.41) is 0. The van der Waals surface area contributed by atoms with E-state index in [1.807, 2.05) is 55.5 Å². The van der Waals surface area contributed by atoms with Crippen molar-refractivity contribution in [1.82, 2.24) is 4.98 Å². The second-order valence-electron chi connectivity index (χ2n) is 3.83. The molecule has 0 aliphatic rings. The van der Waals surface area contributed by atoms with E-state index in [-0.39, 0.29) is 0 Å². The predicted octanol–water partition coefficient (Wildman–Crippen LogP) is 3.37. The summed E-state index contributed by atoms with van der Waals surface area (Å²) in [7, 11) is 0. The molecular weight excluding hydrogens is 224 g/mol. The minimum absolute atomic E-state index is 0.410. The highest BCUT2D eigenvalue weighted by Gasteiger charge is 2.02. The lowest BCUT2D eigenvalue weighted by Crippen LogP contribution is -1.99. The molecule has 3 heteroatoms. The van der Waals surface area contributed by atoms with Gasteiger partial charge >= 0.3 is 0 Å². The molecule has 0 bridgehead atoms. The number of rotatable bonds is 4. The maximum absolute atomic E-state index is 5.86. The maximum Gasteiger partial charge on any atom is 0.134 e. The molecule has 0 saturated heterocycles. The van der Waals surface area contributed by atoms with E-state index in [4.69, 9.17) is 10.5 Å². The van der Waals surface area contributed by atoms with Crippen LogP contribution in [0.5, 0.6) is 11.5 Å². The van der Waals surface area contributed by atoms with Crippen molar-refractivity contribution in [3.63, 3.8) is 0 Å². The zero-order valence-corrected chi connectivity index (χ0v) is 10.3. The fourth-order valence-corrected chi connectivity index (χ4v) is 1.65. The van der Waals surface area contributed by atoms with Crippen molar-refractivity contribution >= 4 is 6.08 Å². The molecule has 0 atom stereocenters. The van der Waals surface area contributed by atoms with Crippen LogP contribution in [0.15, 0.2) is 48.7 Å². The van der Waals surface area contributed by atoms with Crippen LogP contribution in [0, 0.1) is 0 Å². The third-order valence-electron chi connectivity index (χ3n) is 2.49. The average Bonchev–Trinajstić information content (AvgIpc) is 2.41. The van der Waals surface area contributed by atoms with Gasteiger partial charge in [0.1, 0.15) is 11.5 Å². The van der Waals surface area contributed by atoms with Crippen molar-refractivity contribution < 1.29 is 4.74 Å². The van der Waals surface area contributed by atoms with Crippen LogP contribution in [0.4, 0.5) is 0 Å². The van der Waals surface area contributed by atoms with E-state index >= 15 is 0 Å². The molecule has 0 unspecified atom stereocenters. The first kappa shape index (κ1) is 12.3. The number of ether oxygens (including phenoxy) is 1. The summed E-state index contributed by atoms with van der Waals surface area (Å²) in [4.78, 5) is 4.14. The first-order chi connectivity index (χ1) is 8.83. The zero-order valence-electron chi connectivity index (χ0n) is 10.3. The molecule has 0 spiro atoms. The number of allylic oxidation sites excluding steroid dienone is 1. The van der Waals surface area contributed by atoms with Gasteiger partial charge in [-0.15, -0.1) is 0 Å². The Kier molecular flexibility index (Phi) is 4.10. The first-order valence-electron chi connectivity index (χ1n) is 5.88. The molecule has 18 heavy (non-hydrogen) atoms. The quantitative estimate of drug-likeness (QED) is 0.891. The summed E-state index contributed by atoms with van der Waals surface area (Å²) >= 11 is 0. The summed E-state index contributed by atoms with van der Waals surface area (Å²) in [6.07, 6.45) is 5.70. The van der Waals surface area contributed by atoms with Crippen LogP contribution < -0.4 is 10.5 Å². The molecule has 1 aromatic carbocycles. The Morgan fingerprint density at radius 2 is 2.11 bits per heavy atom. The van der Waals surface area contributed by atoms with Crippen molar-refractivity contribution in [3.05, 3.63) is 59.9 Å². The van der Waals surface area contributed by atoms with Gasteiger partial charge in [-0.25, -0.2) is 0 Å². The number of hydrogen-bond acceptors (Lipinski definition) is 3. The summed E-state index contributed by atoms with van der Waals surface area (Å²) in [6, 6.07) is 11.6. The predicted molar refractivity (Wildman–Crippen MR) is 73.4 cm³/mol. The second-order valence-corrected chi connectivity index (χ2v) is 3.83. The van der Waals surface area contributed by atoms with Crippen molar-refractivity contribution in [2.75, 3.05) is 0 Å². The van der Waals surface area contributed by atoms with E-state index in [9.17, 15) is 0 Å². The molecule has 0 aliphatic carbocycles.